The van der Waals surface area contributed by atoms with Gasteiger partial charge in [-0.2, -0.15) is 0 Å². The highest BCUT2D eigenvalue weighted by Gasteiger charge is 2.70. The summed E-state index contributed by atoms with van der Waals surface area (Å²) in [5.74, 6) is -2.96. The van der Waals surface area contributed by atoms with Crippen molar-refractivity contribution in [3.63, 3.8) is 0 Å². The van der Waals surface area contributed by atoms with Crippen molar-refractivity contribution in [2.45, 2.75) is 98.8 Å². The quantitative estimate of drug-likeness (QED) is 0.277. The molecule has 12 heteroatoms. The van der Waals surface area contributed by atoms with E-state index in [4.69, 9.17) is 5.73 Å². The van der Waals surface area contributed by atoms with Crippen LogP contribution in [0.15, 0.2) is 0 Å². The molecule has 0 bridgehead atoms. The van der Waals surface area contributed by atoms with E-state index in [1.165, 1.54) is 9.80 Å². The lowest BCUT2D eigenvalue weighted by Gasteiger charge is -2.38. The van der Waals surface area contributed by atoms with E-state index in [-0.39, 0.29) is 29.1 Å². The minimum Gasteiger partial charge on any atom is -0.363 e. The zero-order chi connectivity index (χ0) is 32.1. The van der Waals surface area contributed by atoms with Gasteiger partial charge in [0.15, 0.2) is 0 Å². The SMILES string of the molecule is CN(C)C(=O)C(NC(=O)N[C@H](C(=O)N1C[C@H]2C([C@H]1C(=O)NC(CC1CC1)C(=O)C(N)=O)C2(C)C)C(C)(C)C)C(C)(C)C. The Morgan fingerprint density at radius 3 is 1.88 bits per heavy atom. The van der Waals surface area contributed by atoms with E-state index in [9.17, 15) is 28.8 Å². The fourth-order valence-electron chi connectivity index (χ4n) is 6.19. The van der Waals surface area contributed by atoms with Gasteiger partial charge in [0.1, 0.15) is 18.1 Å². The van der Waals surface area contributed by atoms with Gasteiger partial charge in [-0.25, -0.2) is 4.79 Å². The van der Waals surface area contributed by atoms with Gasteiger partial charge in [-0.1, -0.05) is 68.2 Å². The molecule has 6 atom stereocenters. The van der Waals surface area contributed by atoms with Crippen molar-refractivity contribution in [1.29, 1.82) is 0 Å². The van der Waals surface area contributed by atoms with Crippen molar-refractivity contribution < 1.29 is 28.8 Å². The van der Waals surface area contributed by atoms with E-state index in [0.29, 0.717) is 13.0 Å². The first-order valence-corrected chi connectivity index (χ1v) is 14.8. The first kappa shape index (κ1) is 33.3. The number of urea groups is 1. The van der Waals surface area contributed by atoms with Crippen LogP contribution < -0.4 is 21.7 Å². The third-order valence-electron chi connectivity index (χ3n) is 9.12. The Morgan fingerprint density at radius 2 is 1.43 bits per heavy atom. The molecule has 236 valence electrons. The smallest absolute Gasteiger partial charge is 0.316 e. The van der Waals surface area contributed by atoms with Crippen LogP contribution in [0.5, 0.6) is 0 Å². The highest BCUT2D eigenvalue weighted by Crippen LogP contribution is 2.65. The summed E-state index contributed by atoms with van der Waals surface area (Å²) >= 11 is 0. The number of fused-ring (bicyclic) bond motifs is 1. The van der Waals surface area contributed by atoms with Gasteiger partial charge < -0.3 is 31.5 Å². The normalized spacial score (nSPS) is 24.9. The molecule has 3 rings (SSSR count). The Balaban J connectivity index is 1.84. The lowest BCUT2D eigenvalue weighted by Crippen LogP contribution is -2.63. The van der Waals surface area contributed by atoms with Crippen molar-refractivity contribution in [2.24, 2.45) is 39.7 Å². The molecule has 42 heavy (non-hydrogen) atoms. The zero-order valence-electron chi connectivity index (χ0n) is 26.8. The Labute approximate surface area is 249 Å². The number of ketones is 1. The molecule has 2 saturated carbocycles. The van der Waals surface area contributed by atoms with E-state index in [0.717, 1.165) is 12.8 Å². The number of nitrogens with one attached hydrogen (secondary N) is 3. The predicted molar refractivity (Wildman–Crippen MR) is 157 cm³/mol. The number of nitrogens with two attached hydrogens (primary N) is 1. The lowest BCUT2D eigenvalue weighted by molar-refractivity contribution is -0.145. The minimum absolute atomic E-state index is 0.0725. The number of carbonyl (C=O) groups is 6. The van der Waals surface area contributed by atoms with Crippen LogP contribution in [0, 0.1) is 34.0 Å². The van der Waals surface area contributed by atoms with Crippen LogP contribution in [0.4, 0.5) is 4.79 Å². The molecule has 3 aliphatic rings. The molecule has 1 heterocycles. The van der Waals surface area contributed by atoms with Gasteiger partial charge in [0.2, 0.25) is 23.5 Å². The Morgan fingerprint density at radius 1 is 0.905 bits per heavy atom. The molecule has 3 fully saturated rings. The molecule has 12 nitrogen and oxygen atoms in total. The minimum atomic E-state index is -1.10. The number of likely N-dealkylation sites (N-methyl/N-ethyl adjacent to an activating group) is 1. The number of piperidine rings is 1. The molecule has 3 unspecified atom stereocenters. The summed E-state index contributed by atoms with van der Waals surface area (Å²) in [4.78, 5) is 81.2. The Bertz CT molecular complexity index is 1130. The maximum atomic E-state index is 14.1. The summed E-state index contributed by atoms with van der Waals surface area (Å²) in [6.07, 6.45) is 2.17. The van der Waals surface area contributed by atoms with Crippen molar-refractivity contribution in [2.75, 3.05) is 20.6 Å². The summed E-state index contributed by atoms with van der Waals surface area (Å²) in [7, 11) is 3.22. The zero-order valence-corrected chi connectivity index (χ0v) is 26.8. The number of hydrogen-bond acceptors (Lipinski definition) is 6. The fourth-order valence-corrected chi connectivity index (χ4v) is 6.19. The van der Waals surface area contributed by atoms with Gasteiger partial charge in [-0.15, -0.1) is 0 Å². The van der Waals surface area contributed by atoms with Crippen molar-refractivity contribution in [3.05, 3.63) is 0 Å². The number of likely N-dealkylation sites (tertiary alicyclic amines) is 1. The number of rotatable bonds is 10. The average molecular weight is 591 g/mol. The molecule has 1 saturated heterocycles. The first-order chi connectivity index (χ1) is 19.1. The van der Waals surface area contributed by atoms with Crippen molar-refractivity contribution in [1.82, 2.24) is 25.8 Å². The van der Waals surface area contributed by atoms with E-state index in [2.05, 4.69) is 16.0 Å². The van der Waals surface area contributed by atoms with Crippen LogP contribution in [-0.4, -0.2) is 90.1 Å². The summed E-state index contributed by atoms with van der Waals surface area (Å²) < 4.78 is 0. The average Bonchev–Trinajstić information content (AvgIpc) is 3.70. The monoisotopic (exact) mass is 590 g/mol. The topological polar surface area (TPSA) is 171 Å². The van der Waals surface area contributed by atoms with Crippen molar-refractivity contribution in [3.8, 4) is 0 Å². The van der Waals surface area contributed by atoms with E-state index < -0.39 is 64.5 Å². The number of Topliss-reactive ketones (excluding diaryl/α,β-unsaturated/α-hetero) is 1. The lowest BCUT2D eigenvalue weighted by atomic mass is 9.84. The standard InChI is InChI=1S/C30H50N6O6/c1-28(2,3)21(25(40)35(9)10)33-27(42)34-22(29(4,5)6)26(41)36-14-16-18(30(16,7)8)19(36)24(39)32-17(13-15-11-12-15)20(37)23(31)38/h15-19,21-22H,11-14H2,1-10H3,(H2,31,38)(H,32,39)(H2,33,34,42)/t16-,17?,18?,19-,21?,22+/m0/s1. The summed E-state index contributed by atoms with van der Waals surface area (Å²) in [6, 6.07) is -4.43. The van der Waals surface area contributed by atoms with Gasteiger partial charge in [0, 0.05) is 20.6 Å². The molecule has 0 aromatic carbocycles. The number of primary amides is 1. The van der Waals surface area contributed by atoms with E-state index in [1.807, 2.05) is 55.4 Å². The van der Waals surface area contributed by atoms with Crippen LogP contribution >= 0.6 is 0 Å². The van der Waals surface area contributed by atoms with Crippen molar-refractivity contribution >= 4 is 35.4 Å². The summed E-state index contributed by atoms with van der Waals surface area (Å²) in [5, 5.41) is 8.29. The predicted octanol–water partition coefficient (Wildman–Crippen LogP) is 1.03. The summed E-state index contributed by atoms with van der Waals surface area (Å²) in [6.45, 7) is 15.4. The van der Waals surface area contributed by atoms with Gasteiger partial charge >= 0.3 is 6.03 Å². The molecular weight excluding hydrogens is 540 g/mol. The van der Waals surface area contributed by atoms with E-state index >= 15 is 0 Å². The molecule has 1 aliphatic heterocycles. The molecule has 6 amide bonds. The molecule has 5 N–H and O–H groups in total. The van der Waals surface area contributed by atoms with Gasteiger partial charge in [-0.05, 0) is 40.4 Å². The maximum absolute atomic E-state index is 14.1. The molecular formula is C30H50N6O6. The highest BCUT2D eigenvalue weighted by atomic mass is 16.2. The number of amides is 6. The molecule has 0 spiro atoms. The Kier molecular flexibility index (Phi) is 9.11. The van der Waals surface area contributed by atoms with Crippen LogP contribution in [0.25, 0.3) is 0 Å². The molecule has 0 aromatic heterocycles. The van der Waals surface area contributed by atoms with Crippen LogP contribution in [0.3, 0.4) is 0 Å². The molecule has 2 aliphatic carbocycles. The van der Waals surface area contributed by atoms with Crippen LogP contribution in [-0.2, 0) is 24.0 Å². The van der Waals surface area contributed by atoms with Crippen LogP contribution in [0.1, 0.15) is 74.7 Å². The fraction of sp³-hybridized carbons (Fsp3) is 0.800. The van der Waals surface area contributed by atoms with Gasteiger partial charge in [-0.3, -0.25) is 24.0 Å². The number of hydrogen-bond donors (Lipinski definition) is 4. The van der Waals surface area contributed by atoms with E-state index in [1.54, 1.807) is 14.1 Å². The number of nitrogens with zero attached hydrogens (tertiary/aromatic N) is 2. The highest BCUT2D eigenvalue weighted by molar-refractivity contribution is 6.37. The summed E-state index contributed by atoms with van der Waals surface area (Å²) in [5.41, 5.74) is 3.75. The largest absolute Gasteiger partial charge is 0.363 e. The number of carbonyl (C=O) groups excluding carboxylic acids is 6. The third-order valence-corrected chi connectivity index (χ3v) is 9.12. The maximum Gasteiger partial charge on any atom is 0.316 e. The first-order valence-electron chi connectivity index (χ1n) is 14.8. The Hall–Kier alpha value is -3.18. The van der Waals surface area contributed by atoms with Gasteiger partial charge in [0.05, 0.1) is 6.04 Å². The molecule has 0 aromatic rings. The van der Waals surface area contributed by atoms with Crippen LogP contribution in [0.2, 0.25) is 0 Å². The third kappa shape index (κ3) is 7.06. The van der Waals surface area contributed by atoms with Gasteiger partial charge in [0.25, 0.3) is 5.91 Å². The molecule has 0 radical (unpaired) electrons. The second-order valence-corrected chi connectivity index (χ2v) is 15.3. The second kappa shape index (κ2) is 11.5. The second-order valence-electron chi connectivity index (χ2n) is 15.3.